The van der Waals surface area contributed by atoms with Crippen LogP contribution >= 0.6 is 0 Å². The van der Waals surface area contributed by atoms with Crippen molar-refractivity contribution in [3.8, 4) is 6.07 Å². The summed E-state index contributed by atoms with van der Waals surface area (Å²) in [5.41, 5.74) is 0. The fourth-order valence-corrected chi connectivity index (χ4v) is 0.933. The van der Waals surface area contributed by atoms with Crippen molar-refractivity contribution in [2.24, 2.45) is 0 Å². The van der Waals surface area contributed by atoms with E-state index in [2.05, 4.69) is 11.4 Å². The molecule has 1 unspecified atom stereocenters. The summed E-state index contributed by atoms with van der Waals surface area (Å²) in [6, 6.07) is 2.13. The molecule has 0 aromatic rings. The van der Waals surface area contributed by atoms with E-state index in [1.54, 1.807) is 6.92 Å². The minimum Gasteiger partial charge on any atom is -0.450 e. The summed E-state index contributed by atoms with van der Waals surface area (Å²) in [5, 5.41) is 11.0. The highest BCUT2D eigenvalue weighted by atomic mass is 16.5. The summed E-state index contributed by atoms with van der Waals surface area (Å²) in [6.45, 7) is 4.05. The van der Waals surface area contributed by atoms with Gasteiger partial charge in [0.15, 0.2) is 0 Å². The molecule has 0 aliphatic carbocycles. The summed E-state index contributed by atoms with van der Waals surface area (Å²) < 4.78 is 4.70. The maximum Gasteiger partial charge on any atom is 0.407 e. The number of hydrogen-bond donors (Lipinski definition) is 1. The van der Waals surface area contributed by atoms with Gasteiger partial charge in [0.2, 0.25) is 0 Å². The lowest BCUT2D eigenvalue weighted by atomic mass is 10.1. The van der Waals surface area contributed by atoms with Gasteiger partial charge in [0.25, 0.3) is 0 Å². The monoisotopic (exact) mass is 184 g/mol. The third-order valence-corrected chi connectivity index (χ3v) is 1.57. The maximum absolute atomic E-state index is 10.9. The molecule has 0 aromatic carbocycles. The predicted molar refractivity (Wildman–Crippen MR) is 49.1 cm³/mol. The standard InChI is InChI=1S/C9H16N2O2/c1-3-13-9(12)11-8(2)6-4-5-7-10/h8H,3-6H2,1-2H3,(H,11,12). The first-order valence-electron chi connectivity index (χ1n) is 4.51. The summed E-state index contributed by atoms with van der Waals surface area (Å²) in [5.74, 6) is 0. The lowest BCUT2D eigenvalue weighted by Crippen LogP contribution is -2.32. The zero-order valence-corrected chi connectivity index (χ0v) is 8.17. The Morgan fingerprint density at radius 1 is 1.69 bits per heavy atom. The molecule has 4 nitrogen and oxygen atoms in total. The molecule has 0 bridgehead atoms. The van der Waals surface area contributed by atoms with E-state index in [-0.39, 0.29) is 12.1 Å². The van der Waals surface area contributed by atoms with Crippen molar-refractivity contribution in [3.05, 3.63) is 0 Å². The molecule has 1 N–H and O–H groups in total. The number of carbonyl (C=O) groups is 1. The predicted octanol–water partition coefficient (Wildman–Crippen LogP) is 1.81. The molecule has 0 heterocycles. The zero-order chi connectivity index (χ0) is 10.1. The average molecular weight is 184 g/mol. The normalized spacial score (nSPS) is 11.5. The molecule has 0 aromatic heterocycles. The van der Waals surface area contributed by atoms with Gasteiger partial charge in [-0.1, -0.05) is 0 Å². The Bertz CT molecular complexity index is 187. The number of hydrogen-bond acceptors (Lipinski definition) is 3. The van der Waals surface area contributed by atoms with Gasteiger partial charge in [0.1, 0.15) is 0 Å². The summed E-state index contributed by atoms with van der Waals surface area (Å²) in [6.07, 6.45) is 1.78. The van der Waals surface area contributed by atoms with Crippen molar-refractivity contribution >= 4 is 6.09 Å². The van der Waals surface area contributed by atoms with Crippen molar-refractivity contribution in [1.29, 1.82) is 5.26 Å². The molecular formula is C9H16N2O2. The van der Waals surface area contributed by atoms with Gasteiger partial charge in [-0.2, -0.15) is 5.26 Å². The van der Waals surface area contributed by atoms with Gasteiger partial charge >= 0.3 is 6.09 Å². The minimum atomic E-state index is -0.382. The van der Waals surface area contributed by atoms with E-state index in [4.69, 9.17) is 10.00 Å². The smallest absolute Gasteiger partial charge is 0.407 e. The van der Waals surface area contributed by atoms with Gasteiger partial charge in [-0.05, 0) is 26.7 Å². The number of ether oxygens (including phenoxy) is 1. The molecule has 0 rings (SSSR count). The molecule has 0 radical (unpaired) electrons. The number of nitrogens with one attached hydrogen (secondary N) is 1. The van der Waals surface area contributed by atoms with Gasteiger partial charge in [-0.3, -0.25) is 0 Å². The van der Waals surface area contributed by atoms with Crippen LogP contribution in [-0.4, -0.2) is 18.7 Å². The Labute approximate surface area is 78.9 Å². The van der Waals surface area contributed by atoms with Gasteiger partial charge in [-0.25, -0.2) is 4.79 Å². The highest BCUT2D eigenvalue weighted by Gasteiger charge is 2.06. The van der Waals surface area contributed by atoms with Gasteiger partial charge < -0.3 is 10.1 Å². The Hall–Kier alpha value is -1.24. The Balaban J connectivity index is 3.44. The molecule has 1 amide bonds. The van der Waals surface area contributed by atoms with E-state index in [1.807, 2.05) is 6.92 Å². The van der Waals surface area contributed by atoms with Crippen molar-refractivity contribution in [1.82, 2.24) is 5.32 Å². The summed E-state index contributed by atoms with van der Waals surface area (Å²) in [7, 11) is 0. The lowest BCUT2D eigenvalue weighted by Gasteiger charge is -2.12. The van der Waals surface area contributed by atoms with Crippen LogP contribution in [0, 0.1) is 11.3 Å². The molecule has 0 spiro atoms. The SMILES string of the molecule is CCOC(=O)NC(C)CCCC#N. The summed E-state index contributed by atoms with van der Waals surface area (Å²) >= 11 is 0. The zero-order valence-electron chi connectivity index (χ0n) is 8.17. The second-order valence-electron chi connectivity index (χ2n) is 2.82. The fourth-order valence-electron chi connectivity index (χ4n) is 0.933. The molecule has 0 saturated heterocycles. The molecule has 0 aliphatic rings. The van der Waals surface area contributed by atoms with Crippen LogP contribution in [0.5, 0.6) is 0 Å². The van der Waals surface area contributed by atoms with Crippen molar-refractivity contribution in [3.63, 3.8) is 0 Å². The molecule has 0 saturated carbocycles. The van der Waals surface area contributed by atoms with E-state index < -0.39 is 0 Å². The highest BCUT2D eigenvalue weighted by Crippen LogP contribution is 1.99. The van der Waals surface area contributed by atoms with Crippen molar-refractivity contribution in [2.45, 2.75) is 39.2 Å². The van der Waals surface area contributed by atoms with Crippen molar-refractivity contribution in [2.75, 3.05) is 6.61 Å². The molecular weight excluding hydrogens is 168 g/mol. The van der Waals surface area contributed by atoms with Crippen LogP contribution in [0.25, 0.3) is 0 Å². The molecule has 4 heteroatoms. The second kappa shape index (κ2) is 7.41. The van der Waals surface area contributed by atoms with Gasteiger partial charge in [0.05, 0.1) is 12.7 Å². The van der Waals surface area contributed by atoms with E-state index in [0.29, 0.717) is 13.0 Å². The minimum absolute atomic E-state index is 0.0763. The molecule has 1 atom stereocenters. The van der Waals surface area contributed by atoms with Crippen LogP contribution in [0.1, 0.15) is 33.1 Å². The summed E-state index contributed by atoms with van der Waals surface area (Å²) in [4.78, 5) is 10.9. The van der Waals surface area contributed by atoms with Crippen LogP contribution < -0.4 is 5.32 Å². The number of alkyl carbamates (subject to hydrolysis) is 1. The van der Waals surface area contributed by atoms with E-state index in [0.717, 1.165) is 12.8 Å². The third-order valence-electron chi connectivity index (χ3n) is 1.57. The fraction of sp³-hybridized carbons (Fsp3) is 0.778. The Kier molecular flexibility index (Phi) is 6.70. The Morgan fingerprint density at radius 3 is 2.92 bits per heavy atom. The topological polar surface area (TPSA) is 62.1 Å². The van der Waals surface area contributed by atoms with Crippen LogP contribution in [0.3, 0.4) is 0 Å². The van der Waals surface area contributed by atoms with Crippen LogP contribution in [0.15, 0.2) is 0 Å². The quantitative estimate of drug-likeness (QED) is 0.663. The van der Waals surface area contributed by atoms with Gasteiger partial charge in [0, 0.05) is 12.5 Å². The number of nitrogens with zero attached hydrogens (tertiary/aromatic N) is 1. The molecule has 74 valence electrons. The number of amides is 1. The van der Waals surface area contributed by atoms with E-state index in [9.17, 15) is 4.79 Å². The van der Waals surface area contributed by atoms with Gasteiger partial charge in [-0.15, -0.1) is 0 Å². The van der Waals surface area contributed by atoms with E-state index in [1.165, 1.54) is 0 Å². The largest absolute Gasteiger partial charge is 0.450 e. The second-order valence-corrected chi connectivity index (χ2v) is 2.82. The average Bonchev–Trinajstić information content (AvgIpc) is 2.05. The number of rotatable bonds is 5. The van der Waals surface area contributed by atoms with Crippen LogP contribution in [-0.2, 0) is 4.74 Å². The molecule has 0 aliphatic heterocycles. The Morgan fingerprint density at radius 2 is 2.38 bits per heavy atom. The first-order valence-corrected chi connectivity index (χ1v) is 4.51. The molecule has 13 heavy (non-hydrogen) atoms. The number of unbranched alkanes of at least 4 members (excludes halogenated alkanes) is 1. The van der Waals surface area contributed by atoms with Crippen molar-refractivity contribution < 1.29 is 9.53 Å². The van der Waals surface area contributed by atoms with Crippen LogP contribution in [0.2, 0.25) is 0 Å². The lowest BCUT2D eigenvalue weighted by molar-refractivity contribution is 0.148. The van der Waals surface area contributed by atoms with Crippen LogP contribution in [0.4, 0.5) is 4.79 Å². The molecule has 0 fully saturated rings. The number of carbonyl (C=O) groups excluding carboxylic acids is 1. The first-order chi connectivity index (χ1) is 6.20. The highest BCUT2D eigenvalue weighted by molar-refractivity contribution is 5.67. The first kappa shape index (κ1) is 11.8. The van der Waals surface area contributed by atoms with E-state index >= 15 is 0 Å². The third kappa shape index (κ3) is 7.13. The maximum atomic E-state index is 10.9. The number of nitriles is 1.